The van der Waals surface area contributed by atoms with E-state index in [1.807, 2.05) is 0 Å². The smallest absolute Gasteiger partial charge is 0.378 e. The van der Waals surface area contributed by atoms with Crippen molar-refractivity contribution in [2.24, 2.45) is 5.73 Å². The van der Waals surface area contributed by atoms with E-state index in [1.165, 1.54) is 7.05 Å². The van der Waals surface area contributed by atoms with Crippen LogP contribution < -0.4 is 11.1 Å². The van der Waals surface area contributed by atoms with Gasteiger partial charge in [0, 0.05) is 19.6 Å². The van der Waals surface area contributed by atoms with Crippen LogP contribution in [-0.2, 0) is 9.53 Å². The van der Waals surface area contributed by atoms with Crippen molar-refractivity contribution in [3.8, 4) is 0 Å². The molecule has 8 heteroatoms. The van der Waals surface area contributed by atoms with Crippen molar-refractivity contribution in [3.05, 3.63) is 0 Å². The molecular formula is C11H20F3N3O2. The van der Waals surface area contributed by atoms with E-state index in [4.69, 9.17) is 10.5 Å². The highest BCUT2D eigenvalue weighted by Crippen LogP contribution is 2.30. The fourth-order valence-electron chi connectivity index (χ4n) is 2.24. The molecule has 1 saturated heterocycles. The molecule has 3 atom stereocenters. The van der Waals surface area contributed by atoms with Crippen LogP contribution in [0.2, 0.25) is 0 Å². The van der Waals surface area contributed by atoms with Crippen molar-refractivity contribution in [2.75, 3.05) is 26.8 Å². The van der Waals surface area contributed by atoms with Gasteiger partial charge in [-0.25, -0.2) is 0 Å². The Balaban J connectivity index is 3.00. The Morgan fingerprint density at radius 3 is 2.68 bits per heavy atom. The van der Waals surface area contributed by atoms with Gasteiger partial charge in [0.25, 0.3) is 0 Å². The van der Waals surface area contributed by atoms with E-state index in [2.05, 4.69) is 5.32 Å². The van der Waals surface area contributed by atoms with E-state index in [9.17, 15) is 18.0 Å². The van der Waals surface area contributed by atoms with Crippen molar-refractivity contribution in [1.29, 1.82) is 0 Å². The molecule has 19 heavy (non-hydrogen) atoms. The first-order valence-electron chi connectivity index (χ1n) is 6.20. The predicted molar refractivity (Wildman–Crippen MR) is 63.5 cm³/mol. The second-order valence-corrected chi connectivity index (χ2v) is 4.50. The van der Waals surface area contributed by atoms with Crippen molar-refractivity contribution < 1.29 is 22.7 Å². The number of rotatable bonds is 4. The zero-order chi connectivity index (χ0) is 14.6. The summed E-state index contributed by atoms with van der Waals surface area (Å²) in [6.45, 7) is 1.74. The first-order chi connectivity index (χ1) is 8.82. The highest BCUT2D eigenvalue weighted by Gasteiger charge is 2.50. The third-order valence-corrected chi connectivity index (χ3v) is 3.29. The number of hydrogen-bond donors (Lipinski definition) is 2. The van der Waals surface area contributed by atoms with E-state index in [0.29, 0.717) is 0 Å². The lowest BCUT2D eigenvalue weighted by atomic mass is 10.0. The summed E-state index contributed by atoms with van der Waals surface area (Å²) >= 11 is 0. The molecule has 1 rings (SSSR count). The van der Waals surface area contributed by atoms with E-state index < -0.39 is 30.2 Å². The molecule has 0 aliphatic carbocycles. The Bertz CT molecular complexity index is 312. The largest absolute Gasteiger partial charge is 0.405 e. The summed E-state index contributed by atoms with van der Waals surface area (Å²) in [6.07, 6.45) is -4.29. The van der Waals surface area contributed by atoms with Gasteiger partial charge in [-0.1, -0.05) is 6.92 Å². The molecule has 1 fully saturated rings. The molecule has 1 heterocycles. The highest BCUT2D eigenvalue weighted by atomic mass is 19.4. The number of carbonyl (C=O) groups excluding carboxylic acids is 1. The number of likely N-dealkylation sites (N-methyl/N-ethyl adjacent to an activating group) is 1. The molecule has 1 aliphatic rings. The molecule has 3 N–H and O–H groups in total. The zero-order valence-corrected chi connectivity index (χ0v) is 11.0. The van der Waals surface area contributed by atoms with Crippen molar-refractivity contribution >= 4 is 5.91 Å². The first-order valence-corrected chi connectivity index (χ1v) is 6.20. The van der Waals surface area contributed by atoms with E-state index in [-0.39, 0.29) is 26.2 Å². The van der Waals surface area contributed by atoms with Crippen LogP contribution in [-0.4, -0.2) is 61.9 Å². The maximum Gasteiger partial charge on any atom is 0.405 e. The summed E-state index contributed by atoms with van der Waals surface area (Å²) in [5.74, 6) is -0.489. The van der Waals surface area contributed by atoms with Gasteiger partial charge >= 0.3 is 6.18 Å². The molecule has 1 amide bonds. The minimum atomic E-state index is -4.47. The van der Waals surface area contributed by atoms with Crippen molar-refractivity contribution in [2.45, 2.75) is 37.6 Å². The first kappa shape index (κ1) is 16.2. The minimum Gasteiger partial charge on any atom is -0.378 e. The third kappa shape index (κ3) is 3.80. The molecule has 0 aromatic heterocycles. The molecule has 0 aromatic rings. The summed E-state index contributed by atoms with van der Waals surface area (Å²) in [6, 6.07) is -3.85. The van der Waals surface area contributed by atoms with Gasteiger partial charge < -0.3 is 15.8 Å². The topological polar surface area (TPSA) is 67.6 Å². The summed E-state index contributed by atoms with van der Waals surface area (Å²) in [5.41, 5.74) is 5.60. The van der Waals surface area contributed by atoms with Crippen LogP contribution in [0.4, 0.5) is 13.2 Å². The molecule has 0 radical (unpaired) electrons. The molecule has 0 spiro atoms. The molecule has 112 valence electrons. The number of morpholine rings is 1. The van der Waals surface area contributed by atoms with Gasteiger partial charge in [0.15, 0.2) is 0 Å². The van der Waals surface area contributed by atoms with Gasteiger partial charge in [-0.2, -0.15) is 13.2 Å². The number of nitrogens with zero attached hydrogens (tertiary/aromatic N) is 1. The SMILES string of the molecule is CCC(N)C(N1CCOCC1C(=O)NC)C(F)(F)F. The Morgan fingerprint density at radius 2 is 2.21 bits per heavy atom. The van der Waals surface area contributed by atoms with Crippen LogP contribution in [0.5, 0.6) is 0 Å². The Labute approximate surface area is 110 Å². The lowest BCUT2D eigenvalue weighted by Crippen LogP contribution is -2.65. The monoisotopic (exact) mass is 283 g/mol. The van der Waals surface area contributed by atoms with Crippen LogP contribution in [0, 0.1) is 0 Å². The molecule has 1 aliphatic heterocycles. The summed E-state index contributed by atoms with van der Waals surface area (Å²) in [4.78, 5) is 12.8. The zero-order valence-electron chi connectivity index (χ0n) is 11.0. The second-order valence-electron chi connectivity index (χ2n) is 4.50. The van der Waals surface area contributed by atoms with Crippen molar-refractivity contribution in [3.63, 3.8) is 0 Å². The van der Waals surface area contributed by atoms with Crippen LogP contribution in [0.25, 0.3) is 0 Å². The van der Waals surface area contributed by atoms with Crippen LogP contribution in [0.3, 0.4) is 0 Å². The number of nitrogens with two attached hydrogens (primary N) is 1. The van der Waals surface area contributed by atoms with Crippen LogP contribution in [0.15, 0.2) is 0 Å². The fraction of sp³-hybridized carbons (Fsp3) is 0.909. The van der Waals surface area contributed by atoms with Gasteiger partial charge in [-0.05, 0) is 6.42 Å². The van der Waals surface area contributed by atoms with Gasteiger partial charge in [0.2, 0.25) is 5.91 Å². The molecule has 0 aromatic carbocycles. The highest BCUT2D eigenvalue weighted by molar-refractivity contribution is 5.81. The maximum absolute atomic E-state index is 13.2. The molecule has 0 bridgehead atoms. The van der Waals surface area contributed by atoms with Crippen LogP contribution in [0.1, 0.15) is 13.3 Å². The minimum absolute atomic E-state index is 0.0377. The third-order valence-electron chi connectivity index (χ3n) is 3.29. The van der Waals surface area contributed by atoms with Gasteiger partial charge in [-0.15, -0.1) is 0 Å². The van der Waals surface area contributed by atoms with E-state index in [1.54, 1.807) is 6.92 Å². The Kier molecular flexibility index (Phi) is 5.57. The van der Waals surface area contributed by atoms with Gasteiger partial charge in [0.1, 0.15) is 12.1 Å². The molecular weight excluding hydrogens is 263 g/mol. The standard InChI is InChI=1S/C11H20F3N3O2/c1-3-7(15)9(11(12,13)14)17-4-5-19-6-8(17)10(18)16-2/h7-9H,3-6,15H2,1-2H3,(H,16,18). The Morgan fingerprint density at radius 1 is 1.58 bits per heavy atom. The number of hydrogen-bond acceptors (Lipinski definition) is 4. The Hall–Kier alpha value is -0.860. The second kappa shape index (κ2) is 6.53. The summed E-state index contributed by atoms with van der Waals surface area (Å²) in [7, 11) is 1.39. The number of nitrogens with one attached hydrogen (secondary N) is 1. The number of ether oxygens (including phenoxy) is 1. The van der Waals surface area contributed by atoms with E-state index in [0.717, 1.165) is 4.90 Å². The number of amides is 1. The van der Waals surface area contributed by atoms with Gasteiger partial charge in [-0.3, -0.25) is 9.69 Å². The quantitative estimate of drug-likeness (QED) is 0.768. The predicted octanol–water partition coefficient (Wildman–Crippen LogP) is 0.101. The lowest BCUT2D eigenvalue weighted by Gasteiger charge is -2.42. The van der Waals surface area contributed by atoms with Gasteiger partial charge in [0.05, 0.1) is 13.2 Å². The maximum atomic E-state index is 13.2. The molecule has 5 nitrogen and oxygen atoms in total. The summed E-state index contributed by atoms with van der Waals surface area (Å²) < 4.78 is 44.7. The normalized spacial score (nSPS) is 24.8. The van der Waals surface area contributed by atoms with Crippen molar-refractivity contribution in [1.82, 2.24) is 10.2 Å². The number of carbonyl (C=O) groups is 1. The average molecular weight is 283 g/mol. The lowest BCUT2D eigenvalue weighted by molar-refractivity contribution is -0.206. The van der Waals surface area contributed by atoms with Crippen LogP contribution >= 0.6 is 0 Å². The molecule has 3 unspecified atom stereocenters. The summed E-state index contributed by atoms with van der Waals surface area (Å²) in [5, 5.41) is 2.36. The molecule has 0 saturated carbocycles. The number of halogens is 3. The van der Waals surface area contributed by atoms with E-state index >= 15 is 0 Å². The number of alkyl halides is 3. The fourth-order valence-corrected chi connectivity index (χ4v) is 2.24. The average Bonchev–Trinajstić information content (AvgIpc) is 2.36.